The molecule has 0 saturated carbocycles. The van der Waals surface area contributed by atoms with Gasteiger partial charge in [0.05, 0.1) is 0 Å². The van der Waals surface area contributed by atoms with Gasteiger partial charge < -0.3 is 10.1 Å². The van der Waals surface area contributed by atoms with Crippen LogP contribution in [0.25, 0.3) is 10.6 Å². The molecule has 0 aliphatic heterocycles. The van der Waals surface area contributed by atoms with Gasteiger partial charge in [-0.2, -0.15) is 0 Å². The number of thiazole rings is 1. The zero-order valence-electron chi connectivity index (χ0n) is 14.4. The topological polar surface area (TPSA) is 68.3 Å². The van der Waals surface area contributed by atoms with Crippen LogP contribution in [0.15, 0.2) is 60.1 Å². The summed E-state index contributed by atoms with van der Waals surface area (Å²) in [6, 6.07) is 14.2. The maximum Gasteiger partial charge on any atom is 0.265 e. The molecule has 0 saturated heterocycles. The van der Waals surface area contributed by atoms with Gasteiger partial charge in [-0.1, -0.05) is 0 Å². The highest BCUT2D eigenvalue weighted by molar-refractivity contribution is 7.13. The van der Waals surface area contributed by atoms with E-state index in [0.29, 0.717) is 17.0 Å². The summed E-state index contributed by atoms with van der Waals surface area (Å²) in [5.74, 6) is 0.281. The van der Waals surface area contributed by atoms with E-state index in [4.69, 9.17) is 4.74 Å². The molecule has 1 N–H and O–H groups in total. The van der Waals surface area contributed by atoms with Gasteiger partial charge >= 0.3 is 0 Å². The predicted molar refractivity (Wildman–Crippen MR) is 103 cm³/mol. The van der Waals surface area contributed by atoms with Crippen LogP contribution in [0.1, 0.15) is 24.2 Å². The Morgan fingerprint density at radius 2 is 1.77 bits per heavy atom. The molecule has 1 heterocycles. The first-order valence-corrected chi connectivity index (χ1v) is 8.99. The molecule has 3 aromatic rings. The summed E-state index contributed by atoms with van der Waals surface area (Å²) in [6.45, 7) is 3.18. The smallest absolute Gasteiger partial charge is 0.265 e. The normalized spacial score (nSPS) is 11.6. The first-order valence-electron chi connectivity index (χ1n) is 8.11. The molecule has 0 aliphatic carbocycles. The molecular weight excluding hydrogens is 348 g/mol. The highest BCUT2D eigenvalue weighted by Crippen LogP contribution is 2.23. The summed E-state index contributed by atoms with van der Waals surface area (Å²) in [6.07, 6.45) is 1.09. The minimum absolute atomic E-state index is 0.0106. The lowest BCUT2D eigenvalue weighted by Gasteiger charge is -2.15. The van der Waals surface area contributed by atoms with E-state index < -0.39 is 6.10 Å². The van der Waals surface area contributed by atoms with Crippen molar-refractivity contribution in [2.24, 2.45) is 0 Å². The number of hydrogen-bond donors (Lipinski definition) is 1. The molecule has 26 heavy (non-hydrogen) atoms. The first-order chi connectivity index (χ1) is 12.5. The van der Waals surface area contributed by atoms with Crippen LogP contribution >= 0.6 is 11.3 Å². The summed E-state index contributed by atoms with van der Waals surface area (Å²) in [4.78, 5) is 27.8. The maximum absolute atomic E-state index is 12.3. The van der Waals surface area contributed by atoms with Crippen LogP contribution in [-0.4, -0.2) is 22.8 Å². The Hall–Kier alpha value is -2.99. The van der Waals surface area contributed by atoms with E-state index in [2.05, 4.69) is 10.3 Å². The molecule has 0 radical (unpaired) electrons. The van der Waals surface area contributed by atoms with E-state index in [0.717, 1.165) is 10.6 Å². The Bertz CT molecular complexity index is 888. The largest absolute Gasteiger partial charge is 0.481 e. The van der Waals surface area contributed by atoms with Crippen LogP contribution in [-0.2, 0) is 4.79 Å². The predicted octanol–water partition coefficient (Wildman–Crippen LogP) is 4.42. The van der Waals surface area contributed by atoms with Crippen LogP contribution in [0.2, 0.25) is 0 Å². The Labute approximate surface area is 155 Å². The average Bonchev–Trinajstić information content (AvgIpc) is 3.17. The molecule has 0 spiro atoms. The van der Waals surface area contributed by atoms with Crippen molar-refractivity contribution in [3.8, 4) is 16.3 Å². The monoisotopic (exact) mass is 366 g/mol. The lowest BCUT2D eigenvalue weighted by molar-refractivity contribution is -0.122. The number of ether oxygens (including phenoxy) is 1. The molecule has 132 valence electrons. The quantitative estimate of drug-likeness (QED) is 0.656. The van der Waals surface area contributed by atoms with Gasteiger partial charge in [0.25, 0.3) is 5.91 Å². The number of anilines is 1. The zero-order chi connectivity index (χ0) is 18.5. The van der Waals surface area contributed by atoms with Gasteiger partial charge in [-0.15, -0.1) is 11.3 Å². The molecule has 0 aliphatic rings. The third-order valence-electron chi connectivity index (χ3n) is 3.77. The van der Waals surface area contributed by atoms with E-state index in [1.807, 2.05) is 29.6 Å². The number of rotatable bonds is 6. The van der Waals surface area contributed by atoms with E-state index in [1.165, 1.54) is 6.92 Å². The van der Waals surface area contributed by atoms with Crippen LogP contribution in [0.3, 0.4) is 0 Å². The summed E-state index contributed by atoms with van der Waals surface area (Å²) in [5, 5.41) is 5.69. The number of aromatic nitrogens is 1. The number of amides is 1. The van der Waals surface area contributed by atoms with Gasteiger partial charge in [0.1, 0.15) is 10.8 Å². The maximum atomic E-state index is 12.3. The highest BCUT2D eigenvalue weighted by atomic mass is 32.1. The number of Topliss-reactive ketones (excluding diaryl/α,β-unsaturated/α-hetero) is 1. The third-order valence-corrected chi connectivity index (χ3v) is 4.60. The van der Waals surface area contributed by atoms with Crippen molar-refractivity contribution in [2.75, 3.05) is 5.32 Å². The number of hydrogen-bond acceptors (Lipinski definition) is 5. The van der Waals surface area contributed by atoms with Gasteiger partial charge in [0.2, 0.25) is 0 Å². The van der Waals surface area contributed by atoms with Gasteiger partial charge in [-0.05, 0) is 62.4 Å². The number of nitrogens with one attached hydrogen (secondary N) is 1. The lowest BCUT2D eigenvalue weighted by atomic mass is 10.1. The summed E-state index contributed by atoms with van der Waals surface area (Å²) < 4.78 is 5.63. The van der Waals surface area contributed by atoms with Crippen LogP contribution in [0.5, 0.6) is 5.75 Å². The average molecular weight is 366 g/mol. The molecule has 0 bridgehead atoms. The minimum atomic E-state index is -0.670. The number of ketones is 1. The number of nitrogens with zero attached hydrogens (tertiary/aromatic N) is 1. The van der Waals surface area contributed by atoms with Gasteiger partial charge in [-0.3, -0.25) is 9.59 Å². The second-order valence-corrected chi connectivity index (χ2v) is 6.64. The fraction of sp³-hybridized carbons (Fsp3) is 0.150. The summed E-state index contributed by atoms with van der Waals surface area (Å²) in [7, 11) is 0. The number of carbonyl (C=O) groups excluding carboxylic acids is 2. The summed E-state index contributed by atoms with van der Waals surface area (Å²) >= 11 is 1.57. The molecule has 1 aromatic heterocycles. The fourth-order valence-electron chi connectivity index (χ4n) is 2.33. The van der Waals surface area contributed by atoms with Crippen LogP contribution < -0.4 is 10.1 Å². The van der Waals surface area contributed by atoms with E-state index in [1.54, 1.807) is 48.7 Å². The zero-order valence-corrected chi connectivity index (χ0v) is 15.2. The third kappa shape index (κ3) is 4.34. The van der Waals surface area contributed by atoms with Crippen molar-refractivity contribution in [3.63, 3.8) is 0 Å². The molecule has 5 nitrogen and oxygen atoms in total. The van der Waals surface area contributed by atoms with Crippen molar-refractivity contribution in [1.29, 1.82) is 0 Å². The molecule has 1 amide bonds. The number of benzene rings is 2. The van der Waals surface area contributed by atoms with Crippen molar-refractivity contribution < 1.29 is 14.3 Å². The highest BCUT2D eigenvalue weighted by Gasteiger charge is 2.15. The molecular formula is C20H18N2O3S. The van der Waals surface area contributed by atoms with Crippen LogP contribution in [0.4, 0.5) is 5.69 Å². The Morgan fingerprint density at radius 3 is 2.35 bits per heavy atom. The molecule has 1 atom stereocenters. The Balaban J connectivity index is 1.59. The Morgan fingerprint density at radius 1 is 1.08 bits per heavy atom. The Kier molecular flexibility index (Phi) is 5.43. The summed E-state index contributed by atoms with van der Waals surface area (Å²) in [5.41, 5.74) is 2.31. The second kappa shape index (κ2) is 7.93. The lowest BCUT2D eigenvalue weighted by Crippen LogP contribution is -2.30. The SMILES string of the molecule is CC(=O)c1ccc(O[C@@H](C)C(=O)Nc2ccc(-c3nccs3)cc2)cc1. The molecule has 2 aromatic carbocycles. The van der Waals surface area contributed by atoms with E-state index in [9.17, 15) is 9.59 Å². The van der Waals surface area contributed by atoms with Gasteiger partial charge in [0.15, 0.2) is 11.9 Å². The van der Waals surface area contributed by atoms with Crippen molar-refractivity contribution >= 4 is 28.7 Å². The van der Waals surface area contributed by atoms with E-state index >= 15 is 0 Å². The number of carbonyl (C=O) groups is 2. The van der Waals surface area contributed by atoms with Gasteiger partial charge in [-0.25, -0.2) is 4.98 Å². The molecule has 3 rings (SSSR count). The fourth-order valence-corrected chi connectivity index (χ4v) is 2.98. The first kappa shape index (κ1) is 17.8. The molecule has 0 fully saturated rings. The minimum Gasteiger partial charge on any atom is -0.481 e. The second-order valence-electron chi connectivity index (χ2n) is 5.74. The molecule has 0 unspecified atom stereocenters. The van der Waals surface area contributed by atoms with Crippen molar-refractivity contribution in [2.45, 2.75) is 20.0 Å². The van der Waals surface area contributed by atoms with E-state index in [-0.39, 0.29) is 11.7 Å². The standard InChI is InChI=1S/C20H18N2O3S/c1-13(23)15-5-9-18(10-6-15)25-14(2)19(24)22-17-7-3-16(4-8-17)20-21-11-12-26-20/h3-12,14H,1-2H3,(H,22,24)/t14-/m0/s1. The van der Waals surface area contributed by atoms with Crippen molar-refractivity contribution in [1.82, 2.24) is 4.98 Å². The van der Waals surface area contributed by atoms with Crippen LogP contribution in [0, 0.1) is 0 Å². The van der Waals surface area contributed by atoms with Gasteiger partial charge in [0, 0.05) is 28.4 Å². The van der Waals surface area contributed by atoms with Crippen molar-refractivity contribution in [3.05, 3.63) is 65.7 Å². The molecule has 6 heteroatoms.